The zero-order chi connectivity index (χ0) is 22.1. The van der Waals surface area contributed by atoms with Crippen molar-refractivity contribution < 1.29 is 9.18 Å². The van der Waals surface area contributed by atoms with Gasteiger partial charge in [0, 0.05) is 36.2 Å². The maximum absolute atomic E-state index is 13.2. The van der Waals surface area contributed by atoms with Crippen LogP contribution < -0.4 is 15.5 Å². The maximum atomic E-state index is 13.2. The molecule has 0 spiro atoms. The first-order chi connectivity index (χ1) is 15.5. The van der Waals surface area contributed by atoms with Gasteiger partial charge in [-0.15, -0.1) is 0 Å². The summed E-state index contributed by atoms with van der Waals surface area (Å²) >= 11 is 0. The molecule has 164 valence electrons. The summed E-state index contributed by atoms with van der Waals surface area (Å²) in [6.07, 6.45) is 3.94. The van der Waals surface area contributed by atoms with Crippen LogP contribution in [0.15, 0.2) is 54.6 Å². The van der Waals surface area contributed by atoms with Crippen molar-refractivity contribution in [1.82, 2.24) is 9.97 Å². The van der Waals surface area contributed by atoms with E-state index in [2.05, 4.69) is 25.5 Å². The number of nitrogens with zero attached hydrogens (tertiary/aromatic N) is 3. The average Bonchev–Trinajstić information content (AvgIpc) is 3.41. The van der Waals surface area contributed by atoms with Crippen LogP contribution >= 0.6 is 0 Å². The molecule has 1 aliphatic heterocycles. The Hall–Kier alpha value is -3.48. The number of carbonyl (C=O) groups excluding carboxylic acids is 1. The van der Waals surface area contributed by atoms with E-state index in [0.717, 1.165) is 54.4 Å². The van der Waals surface area contributed by atoms with E-state index in [1.807, 2.05) is 37.3 Å². The van der Waals surface area contributed by atoms with Gasteiger partial charge in [-0.1, -0.05) is 12.1 Å². The fourth-order valence-electron chi connectivity index (χ4n) is 4.27. The Balaban J connectivity index is 1.26. The fourth-order valence-corrected chi connectivity index (χ4v) is 4.27. The topological polar surface area (TPSA) is 70.2 Å². The number of benzene rings is 2. The molecule has 32 heavy (non-hydrogen) atoms. The maximum Gasteiger partial charge on any atom is 0.235 e. The molecule has 0 atom stereocenters. The molecule has 0 radical (unpaired) electrons. The van der Waals surface area contributed by atoms with Crippen molar-refractivity contribution in [2.24, 2.45) is 0 Å². The third kappa shape index (κ3) is 4.15. The minimum Gasteiger partial charge on any atom is -0.356 e. The Morgan fingerprint density at radius 2 is 1.62 bits per heavy atom. The molecule has 2 aromatic carbocycles. The summed E-state index contributed by atoms with van der Waals surface area (Å²) in [5.74, 6) is 1.18. The van der Waals surface area contributed by atoms with E-state index in [-0.39, 0.29) is 11.7 Å². The van der Waals surface area contributed by atoms with E-state index in [0.29, 0.717) is 5.95 Å². The van der Waals surface area contributed by atoms with Gasteiger partial charge in [-0.3, -0.25) is 4.79 Å². The number of hydrogen-bond donors (Lipinski definition) is 2. The molecule has 0 unspecified atom stereocenters. The second kappa shape index (κ2) is 8.22. The summed E-state index contributed by atoms with van der Waals surface area (Å²) in [7, 11) is 0. The van der Waals surface area contributed by atoms with Crippen LogP contribution in [0, 0.1) is 12.7 Å². The van der Waals surface area contributed by atoms with Gasteiger partial charge < -0.3 is 15.5 Å². The first-order valence-electron chi connectivity index (χ1n) is 11.1. The quantitative estimate of drug-likeness (QED) is 0.579. The average molecular weight is 432 g/mol. The monoisotopic (exact) mass is 431 g/mol. The number of aryl methyl sites for hydroxylation is 1. The number of carbonyl (C=O) groups is 1. The lowest BCUT2D eigenvalue weighted by molar-refractivity contribution is -0.118. The van der Waals surface area contributed by atoms with Crippen LogP contribution in [-0.4, -0.2) is 29.0 Å². The molecular weight excluding hydrogens is 405 g/mol. The first-order valence-corrected chi connectivity index (χ1v) is 11.1. The Morgan fingerprint density at radius 3 is 2.28 bits per heavy atom. The Kier molecular flexibility index (Phi) is 5.25. The molecular formula is C25H26FN5O. The molecule has 1 amide bonds. The molecule has 2 heterocycles. The molecule has 3 aromatic rings. The second-order valence-corrected chi connectivity index (χ2v) is 8.63. The van der Waals surface area contributed by atoms with Crippen LogP contribution in [0.5, 0.6) is 0 Å². The van der Waals surface area contributed by atoms with Crippen LogP contribution in [-0.2, 0) is 10.2 Å². The molecule has 1 saturated carbocycles. The molecule has 2 fully saturated rings. The summed E-state index contributed by atoms with van der Waals surface area (Å²) in [6, 6.07) is 15.8. The minimum absolute atomic E-state index is 0.0536. The van der Waals surface area contributed by atoms with Crippen LogP contribution in [0.1, 0.15) is 36.9 Å². The number of anilines is 4. The van der Waals surface area contributed by atoms with Gasteiger partial charge in [-0.2, -0.15) is 4.98 Å². The standard InChI is InChI=1S/C25H26FN5O/c1-17-16-22(31-14-2-3-15-31)30-24(27-17)29-21-10-8-20(9-11-21)28-23(32)25(12-13-25)18-4-6-19(26)7-5-18/h4-11,16H,2-3,12-15H2,1H3,(H,28,32)(H,27,29,30). The Bertz CT molecular complexity index is 1120. The highest BCUT2D eigenvalue weighted by molar-refractivity contribution is 6.01. The second-order valence-electron chi connectivity index (χ2n) is 8.63. The van der Waals surface area contributed by atoms with E-state index in [1.54, 1.807) is 12.1 Å². The van der Waals surface area contributed by atoms with Crippen LogP contribution in [0.25, 0.3) is 0 Å². The van der Waals surface area contributed by atoms with E-state index < -0.39 is 5.41 Å². The minimum atomic E-state index is -0.550. The first kappa shape index (κ1) is 20.4. The zero-order valence-electron chi connectivity index (χ0n) is 18.1. The van der Waals surface area contributed by atoms with Gasteiger partial charge in [0.25, 0.3) is 0 Å². The van der Waals surface area contributed by atoms with Crippen LogP contribution in [0.3, 0.4) is 0 Å². The number of hydrogen-bond acceptors (Lipinski definition) is 5. The summed E-state index contributed by atoms with van der Waals surface area (Å²) in [5, 5.41) is 6.27. The van der Waals surface area contributed by atoms with Gasteiger partial charge in [0.15, 0.2) is 0 Å². The Morgan fingerprint density at radius 1 is 0.969 bits per heavy atom. The number of halogens is 1. The van der Waals surface area contributed by atoms with Gasteiger partial charge >= 0.3 is 0 Å². The van der Waals surface area contributed by atoms with Crippen molar-refractivity contribution in [3.8, 4) is 0 Å². The molecule has 1 aromatic heterocycles. The van der Waals surface area contributed by atoms with E-state index >= 15 is 0 Å². The third-order valence-electron chi connectivity index (χ3n) is 6.25. The lowest BCUT2D eigenvalue weighted by atomic mass is 9.95. The highest BCUT2D eigenvalue weighted by Gasteiger charge is 2.51. The molecule has 2 aliphatic rings. The van der Waals surface area contributed by atoms with Crippen molar-refractivity contribution in [3.63, 3.8) is 0 Å². The summed E-state index contributed by atoms with van der Waals surface area (Å²) in [5.41, 5.74) is 2.80. The lowest BCUT2D eigenvalue weighted by Gasteiger charge is -2.18. The SMILES string of the molecule is Cc1cc(N2CCCC2)nc(Nc2ccc(NC(=O)C3(c4ccc(F)cc4)CC3)cc2)n1. The van der Waals surface area contributed by atoms with Gasteiger partial charge in [0.1, 0.15) is 11.6 Å². The van der Waals surface area contributed by atoms with Crippen molar-refractivity contribution in [1.29, 1.82) is 0 Å². The smallest absolute Gasteiger partial charge is 0.235 e. The van der Waals surface area contributed by atoms with E-state index in [4.69, 9.17) is 0 Å². The molecule has 2 N–H and O–H groups in total. The number of nitrogens with one attached hydrogen (secondary N) is 2. The van der Waals surface area contributed by atoms with Crippen molar-refractivity contribution in [2.75, 3.05) is 28.6 Å². The summed E-state index contributed by atoms with van der Waals surface area (Å²) < 4.78 is 13.2. The zero-order valence-corrected chi connectivity index (χ0v) is 18.1. The number of amides is 1. The van der Waals surface area contributed by atoms with E-state index in [9.17, 15) is 9.18 Å². The normalized spacial score (nSPS) is 16.6. The number of rotatable bonds is 6. The molecule has 7 heteroatoms. The molecule has 0 bridgehead atoms. The van der Waals surface area contributed by atoms with Crippen LogP contribution in [0.2, 0.25) is 0 Å². The van der Waals surface area contributed by atoms with Crippen molar-refractivity contribution in [2.45, 2.75) is 38.0 Å². The summed E-state index contributed by atoms with van der Waals surface area (Å²) in [6.45, 7) is 4.04. The van der Waals surface area contributed by atoms with Gasteiger partial charge in [-0.25, -0.2) is 9.37 Å². The van der Waals surface area contributed by atoms with Crippen LogP contribution in [0.4, 0.5) is 27.5 Å². The Labute approximate surface area is 186 Å². The molecule has 5 rings (SSSR count). The highest BCUT2D eigenvalue weighted by Crippen LogP contribution is 2.49. The largest absolute Gasteiger partial charge is 0.356 e. The van der Waals surface area contributed by atoms with Gasteiger partial charge in [-0.05, 0) is 74.6 Å². The van der Waals surface area contributed by atoms with Crippen molar-refractivity contribution >= 4 is 29.0 Å². The van der Waals surface area contributed by atoms with Gasteiger partial charge in [0.05, 0.1) is 5.41 Å². The van der Waals surface area contributed by atoms with Gasteiger partial charge in [0.2, 0.25) is 11.9 Å². The lowest BCUT2D eigenvalue weighted by Crippen LogP contribution is -2.27. The predicted molar refractivity (Wildman–Crippen MR) is 124 cm³/mol. The number of aromatic nitrogens is 2. The van der Waals surface area contributed by atoms with E-state index in [1.165, 1.54) is 25.0 Å². The highest BCUT2D eigenvalue weighted by atomic mass is 19.1. The van der Waals surface area contributed by atoms with Crippen molar-refractivity contribution in [3.05, 3.63) is 71.7 Å². The molecule has 6 nitrogen and oxygen atoms in total. The summed E-state index contributed by atoms with van der Waals surface area (Å²) in [4.78, 5) is 24.4. The third-order valence-corrected chi connectivity index (χ3v) is 6.25. The molecule has 1 aliphatic carbocycles. The fraction of sp³-hybridized carbons (Fsp3) is 0.320. The predicted octanol–water partition coefficient (Wildman–Crippen LogP) is 4.94. The molecule has 1 saturated heterocycles.